The SMILES string of the molecule is CC(C)Oc1ccc(C(=O)NNC(=O)CCC(=O)c2ccc3ccccc3c2)cc1. The lowest BCUT2D eigenvalue weighted by Gasteiger charge is -2.10. The highest BCUT2D eigenvalue weighted by molar-refractivity contribution is 6.01. The monoisotopic (exact) mass is 404 g/mol. The molecular weight excluding hydrogens is 380 g/mol. The molecule has 0 heterocycles. The van der Waals surface area contributed by atoms with Crippen molar-refractivity contribution in [2.45, 2.75) is 32.8 Å². The Morgan fingerprint density at radius 2 is 1.47 bits per heavy atom. The summed E-state index contributed by atoms with van der Waals surface area (Å²) in [4.78, 5) is 36.5. The summed E-state index contributed by atoms with van der Waals surface area (Å²) in [6.07, 6.45) is 0.0790. The Bertz CT molecular complexity index is 1060. The van der Waals surface area contributed by atoms with Crippen LogP contribution in [0.1, 0.15) is 47.4 Å². The molecule has 0 aliphatic carbocycles. The van der Waals surface area contributed by atoms with Crippen LogP contribution in [-0.4, -0.2) is 23.7 Å². The van der Waals surface area contributed by atoms with Crippen molar-refractivity contribution in [3.63, 3.8) is 0 Å². The second kappa shape index (κ2) is 9.69. The average molecular weight is 404 g/mol. The van der Waals surface area contributed by atoms with E-state index in [-0.39, 0.29) is 24.7 Å². The van der Waals surface area contributed by atoms with Crippen LogP contribution in [-0.2, 0) is 4.79 Å². The Labute approximate surface area is 175 Å². The number of Topliss-reactive ketones (excluding diaryl/α,β-unsaturated/α-hetero) is 1. The van der Waals surface area contributed by atoms with Crippen LogP contribution in [0.5, 0.6) is 5.75 Å². The van der Waals surface area contributed by atoms with Crippen molar-refractivity contribution in [1.82, 2.24) is 10.9 Å². The quantitative estimate of drug-likeness (QED) is 0.460. The van der Waals surface area contributed by atoms with Gasteiger partial charge in [0.15, 0.2) is 5.78 Å². The number of carbonyl (C=O) groups excluding carboxylic acids is 3. The second-order valence-electron chi connectivity index (χ2n) is 7.18. The summed E-state index contributed by atoms with van der Waals surface area (Å²) >= 11 is 0. The summed E-state index contributed by atoms with van der Waals surface area (Å²) in [5.74, 6) is -0.335. The molecule has 0 spiro atoms. The first-order chi connectivity index (χ1) is 14.4. The molecule has 3 aromatic rings. The molecule has 0 fully saturated rings. The third-order valence-corrected chi connectivity index (χ3v) is 4.45. The lowest BCUT2D eigenvalue weighted by Crippen LogP contribution is -2.41. The van der Waals surface area contributed by atoms with E-state index < -0.39 is 11.8 Å². The minimum atomic E-state index is -0.444. The van der Waals surface area contributed by atoms with Gasteiger partial charge in [0.25, 0.3) is 5.91 Å². The Hall–Kier alpha value is -3.67. The van der Waals surface area contributed by atoms with E-state index in [2.05, 4.69) is 10.9 Å². The maximum absolute atomic E-state index is 12.4. The number of hydrogen-bond acceptors (Lipinski definition) is 4. The van der Waals surface area contributed by atoms with Crippen LogP contribution in [0.15, 0.2) is 66.7 Å². The van der Waals surface area contributed by atoms with Gasteiger partial charge in [-0.05, 0) is 55.0 Å². The molecule has 0 unspecified atom stereocenters. The third-order valence-electron chi connectivity index (χ3n) is 4.45. The number of amides is 2. The van der Waals surface area contributed by atoms with Crippen LogP contribution in [0.25, 0.3) is 10.8 Å². The number of ketones is 1. The fourth-order valence-corrected chi connectivity index (χ4v) is 2.95. The van der Waals surface area contributed by atoms with E-state index in [4.69, 9.17) is 4.74 Å². The molecule has 0 saturated carbocycles. The average Bonchev–Trinajstić information content (AvgIpc) is 2.75. The van der Waals surface area contributed by atoms with Crippen LogP contribution >= 0.6 is 0 Å². The van der Waals surface area contributed by atoms with Crippen molar-refractivity contribution in [1.29, 1.82) is 0 Å². The summed E-state index contributed by atoms with van der Waals surface area (Å²) in [6.45, 7) is 3.84. The van der Waals surface area contributed by atoms with E-state index in [1.54, 1.807) is 30.3 Å². The number of hydrazine groups is 1. The number of nitrogens with one attached hydrogen (secondary N) is 2. The van der Waals surface area contributed by atoms with Gasteiger partial charge in [-0.1, -0.05) is 36.4 Å². The predicted octanol–water partition coefficient (Wildman–Crippen LogP) is 4.05. The molecule has 6 heteroatoms. The molecule has 0 radical (unpaired) electrons. The van der Waals surface area contributed by atoms with Crippen molar-refractivity contribution >= 4 is 28.4 Å². The summed E-state index contributed by atoms with van der Waals surface area (Å²) in [5.41, 5.74) is 5.65. The standard InChI is InChI=1S/C24H24N2O4/c1-16(2)30-21-11-9-18(10-12-21)24(29)26-25-23(28)14-13-22(27)20-8-7-17-5-3-4-6-19(17)15-20/h3-12,15-16H,13-14H2,1-2H3,(H,25,28)(H,26,29). The van der Waals surface area contributed by atoms with Gasteiger partial charge in [0.2, 0.25) is 5.91 Å². The van der Waals surface area contributed by atoms with E-state index in [1.807, 2.05) is 50.2 Å². The summed E-state index contributed by atoms with van der Waals surface area (Å²) in [6, 6.07) is 19.9. The van der Waals surface area contributed by atoms with Gasteiger partial charge in [0.05, 0.1) is 6.10 Å². The summed E-state index contributed by atoms with van der Waals surface area (Å²) in [7, 11) is 0. The van der Waals surface area contributed by atoms with Crippen LogP contribution in [0.2, 0.25) is 0 Å². The maximum Gasteiger partial charge on any atom is 0.269 e. The molecule has 0 aliphatic heterocycles. The van der Waals surface area contributed by atoms with E-state index >= 15 is 0 Å². The maximum atomic E-state index is 12.4. The van der Waals surface area contributed by atoms with Gasteiger partial charge in [-0.15, -0.1) is 0 Å². The van der Waals surface area contributed by atoms with Crippen LogP contribution in [0, 0.1) is 0 Å². The highest BCUT2D eigenvalue weighted by Crippen LogP contribution is 2.17. The first kappa shape index (κ1) is 21.0. The highest BCUT2D eigenvalue weighted by Gasteiger charge is 2.12. The molecule has 30 heavy (non-hydrogen) atoms. The molecule has 0 aliphatic rings. The molecule has 154 valence electrons. The molecular formula is C24H24N2O4. The van der Waals surface area contributed by atoms with Gasteiger partial charge in [-0.25, -0.2) is 0 Å². The van der Waals surface area contributed by atoms with Crippen molar-refractivity contribution in [2.24, 2.45) is 0 Å². The molecule has 0 aromatic heterocycles. The van der Waals surface area contributed by atoms with Gasteiger partial charge in [0, 0.05) is 24.0 Å². The molecule has 2 N–H and O–H groups in total. The van der Waals surface area contributed by atoms with E-state index in [0.717, 1.165) is 10.8 Å². The predicted molar refractivity (Wildman–Crippen MR) is 115 cm³/mol. The fraction of sp³-hybridized carbons (Fsp3) is 0.208. The number of hydrogen-bond donors (Lipinski definition) is 2. The number of carbonyl (C=O) groups is 3. The minimum Gasteiger partial charge on any atom is -0.491 e. The number of ether oxygens (including phenoxy) is 1. The van der Waals surface area contributed by atoms with Crippen molar-refractivity contribution < 1.29 is 19.1 Å². The zero-order valence-electron chi connectivity index (χ0n) is 17.0. The van der Waals surface area contributed by atoms with Crippen molar-refractivity contribution in [3.05, 3.63) is 77.9 Å². The smallest absolute Gasteiger partial charge is 0.269 e. The lowest BCUT2D eigenvalue weighted by molar-refractivity contribution is -0.121. The van der Waals surface area contributed by atoms with Crippen molar-refractivity contribution in [2.75, 3.05) is 0 Å². The molecule has 2 amide bonds. The topological polar surface area (TPSA) is 84.5 Å². The molecule has 6 nitrogen and oxygen atoms in total. The van der Waals surface area contributed by atoms with Crippen LogP contribution in [0.4, 0.5) is 0 Å². The second-order valence-corrected chi connectivity index (χ2v) is 7.18. The zero-order chi connectivity index (χ0) is 21.5. The molecule has 3 rings (SSSR count). The highest BCUT2D eigenvalue weighted by atomic mass is 16.5. The Morgan fingerprint density at radius 3 is 2.17 bits per heavy atom. The van der Waals surface area contributed by atoms with Gasteiger partial charge in [-0.2, -0.15) is 0 Å². The fourth-order valence-electron chi connectivity index (χ4n) is 2.95. The Balaban J connectivity index is 1.46. The van der Waals surface area contributed by atoms with E-state index in [9.17, 15) is 14.4 Å². The van der Waals surface area contributed by atoms with E-state index in [1.165, 1.54) is 0 Å². The van der Waals surface area contributed by atoms with Gasteiger partial charge < -0.3 is 4.74 Å². The number of rotatable bonds is 7. The first-order valence-corrected chi connectivity index (χ1v) is 9.80. The number of benzene rings is 3. The molecule has 0 atom stereocenters. The molecule has 0 bridgehead atoms. The van der Waals surface area contributed by atoms with Gasteiger partial charge in [-0.3, -0.25) is 25.2 Å². The van der Waals surface area contributed by atoms with Gasteiger partial charge in [0.1, 0.15) is 5.75 Å². The largest absolute Gasteiger partial charge is 0.491 e. The lowest BCUT2D eigenvalue weighted by atomic mass is 10.0. The number of fused-ring (bicyclic) bond motifs is 1. The molecule has 0 saturated heterocycles. The Morgan fingerprint density at radius 1 is 0.800 bits per heavy atom. The minimum absolute atomic E-state index is 0.0207. The van der Waals surface area contributed by atoms with Crippen molar-refractivity contribution in [3.8, 4) is 5.75 Å². The van der Waals surface area contributed by atoms with Crippen LogP contribution < -0.4 is 15.6 Å². The Kier molecular flexibility index (Phi) is 6.80. The third kappa shape index (κ3) is 5.67. The first-order valence-electron chi connectivity index (χ1n) is 9.80. The van der Waals surface area contributed by atoms with Gasteiger partial charge >= 0.3 is 0 Å². The van der Waals surface area contributed by atoms with E-state index in [0.29, 0.717) is 16.9 Å². The summed E-state index contributed by atoms with van der Waals surface area (Å²) in [5, 5.41) is 2.03. The normalized spacial score (nSPS) is 10.6. The molecule has 3 aromatic carbocycles. The summed E-state index contributed by atoms with van der Waals surface area (Å²) < 4.78 is 5.53. The van der Waals surface area contributed by atoms with Crippen LogP contribution in [0.3, 0.4) is 0 Å². The zero-order valence-corrected chi connectivity index (χ0v) is 17.0.